The fourth-order valence-electron chi connectivity index (χ4n) is 3.90. The topological polar surface area (TPSA) is 111 Å². The van der Waals surface area contributed by atoms with Crippen LogP contribution in [0, 0.1) is 12.7 Å². The Labute approximate surface area is 208 Å². The third-order valence-electron chi connectivity index (χ3n) is 5.65. The van der Waals surface area contributed by atoms with E-state index < -0.39 is 48.6 Å². The smallest absolute Gasteiger partial charge is 0.372 e. The van der Waals surface area contributed by atoms with Crippen molar-refractivity contribution in [1.29, 1.82) is 0 Å². The van der Waals surface area contributed by atoms with Crippen molar-refractivity contribution in [1.82, 2.24) is 34.6 Å². The highest BCUT2D eigenvalue weighted by Crippen LogP contribution is 2.29. The predicted octanol–water partition coefficient (Wildman–Crippen LogP) is 2.86. The highest BCUT2D eigenvalue weighted by molar-refractivity contribution is 5.99. The molecule has 1 saturated heterocycles. The van der Waals surface area contributed by atoms with E-state index in [1.807, 2.05) is 0 Å². The monoisotopic (exact) mass is 511 g/mol. The molecule has 0 unspecified atom stereocenters. The van der Waals surface area contributed by atoms with Gasteiger partial charge in [0, 0.05) is 42.3 Å². The van der Waals surface area contributed by atoms with E-state index in [4.69, 9.17) is 8.85 Å². The van der Waals surface area contributed by atoms with Crippen LogP contribution in [0.25, 0.3) is 11.4 Å². The zero-order valence-electron chi connectivity index (χ0n) is 22.4. The zero-order chi connectivity index (χ0) is 28.7. The molecule has 1 N–H and O–H groups in total. The van der Waals surface area contributed by atoms with Gasteiger partial charge in [0.05, 0.1) is 41.8 Å². The maximum absolute atomic E-state index is 13.9. The van der Waals surface area contributed by atoms with Crippen molar-refractivity contribution < 1.29 is 31.2 Å². The van der Waals surface area contributed by atoms with Gasteiger partial charge < -0.3 is 15.0 Å². The van der Waals surface area contributed by atoms with Crippen molar-refractivity contribution in [2.24, 2.45) is 7.05 Å². The second-order valence-electron chi connectivity index (χ2n) is 8.27. The molecule has 0 aliphatic carbocycles. The van der Waals surface area contributed by atoms with E-state index in [0.29, 0.717) is 12.4 Å². The van der Waals surface area contributed by atoms with Gasteiger partial charge >= 0.3 is 6.18 Å². The van der Waals surface area contributed by atoms with Crippen LogP contribution < -0.4 is 5.32 Å². The molecule has 4 heterocycles. The normalized spacial score (nSPS) is 22.0. The standard InChI is InChI=1S/C22H24F4N8O2/c1-11-10-34(16(13(3)36-11)9-31-21-29-5-14(6-30-21)22(24,25)26)20(35)18-17(12(2)33(4)32-18)19-27-7-15(23)8-28-19/h5-8,11,13,16H,9-10H2,1-4H3,(H,29,30,31)/t11-,13+,16-/m1/s1/i2D3. The fraction of sp³-hybridized carbons (Fsp3) is 0.455. The number of hydrogen-bond donors (Lipinski definition) is 1. The number of nitrogens with one attached hydrogen (secondary N) is 1. The van der Waals surface area contributed by atoms with Gasteiger partial charge in [0.15, 0.2) is 17.3 Å². The summed E-state index contributed by atoms with van der Waals surface area (Å²) in [5, 5.41) is 7.01. The lowest BCUT2D eigenvalue weighted by Gasteiger charge is -2.42. The minimum Gasteiger partial charge on any atom is -0.372 e. The Hall–Kier alpha value is -3.68. The van der Waals surface area contributed by atoms with Gasteiger partial charge in [-0.2, -0.15) is 18.3 Å². The van der Waals surface area contributed by atoms with Crippen LogP contribution in [-0.4, -0.2) is 71.9 Å². The number of nitrogens with zero attached hydrogens (tertiary/aromatic N) is 7. The third-order valence-corrected chi connectivity index (χ3v) is 5.65. The van der Waals surface area contributed by atoms with Crippen molar-refractivity contribution in [2.45, 2.75) is 45.1 Å². The van der Waals surface area contributed by atoms with E-state index in [-0.39, 0.29) is 41.8 Å². The molecule has 10 nitrogen and oxygen atoms in total. The molecule has 0 aromatic carbocycles. The molecule has 3 aromatic rings. The van der Waals surface area contributed by atoms with Crippen LogP contribution in [0.3, 0.4) is 0 Å². The number of rotatable bonds is 5. The first-order valence-corrected chi connectivity index (χ1v) is 10.8. The fourth-order valence-corrected chi connectivity index (χ4v) is 3.90. The lowest BCUT2D eigenvalue weighted by molar-refractivity contribution is -0.138. The third kappa shape index (κ3) is 5.12. The minimum atomic E-state index is -4.59. The Morgan fingerprint density at radius 3 is 2.47 bits per heavy atom. The Kier molecular flexibility index (Phi) is 5.85. The van der Waals surface area contributed by atoms with E-state index in [1.165, 1.54) is 11.9 Å². The van der Waals surface area contributed by atoms with E-state index in [1.54, 1.807) is 13.8 Å². The number of aryl methyl sites for hydroxylation is 1. The van der Waals surface area contributed by atoms with Crippen molar-refractivity contribution in [2.75, 3.05) is 18.4 Å². The second kappa shape index (κ2) is 9.76. The first-order chi connectivity index (χ1) is 18.2. The van der Waals surface area contributed by atoms with Crippen molar-refractivity contribution in [3.63, 3.8) is 0 Å². The summed E-state index contributed by atoms with van der Waals surface area (Å²) >= 11 is 0. The average Bonchev–Trinajstić information content (AvgIpc) is 3.20. The number of carbonyl (C=O) groups is 1. The maximum atomic E-state index is 13.9. The van der Waals surface area contributed by atoms with Crippen molar-refractivity contribution >= 4 is 11.9 Å². The molecule has 0 radical (unpaired) electrons. The van der Waals surface area contributed by atoms with E-state index >= 15 is 0 Å². The molecule has 3 aromatic heterocycles. The Morgan fingerprint density at radius 2 is 1.86 bits per heavy atom. The molecule has 1 amide bonds. The second-order valence-corrected chi connectivity index (χ2v) is 8.27. The van der Waals surface area contributed by atoms with E-state index in [9.17, 15) is 22.4 Å². The lowest BCUT2D eigenvalue weighted by Crippen LogP contribution is -2.58. The van der Waals surface area contributed by atoms with Crippen LogP contribution in [-0.2, 0) is 18.0 Å². The molecule has 0 spiro atoms. The first-order valence-electron chi connectivity index (χ1n) is 12.3. The van der Waals surface area contributed by atoms with Crippen molar-refractivity contribution in [3.8, 4) is 11.4 Å². The number of morpholine rings is 1. The first kappa shape index (κ1) is 21.6. The van der Waals surface area contributed by atoms with Gasteiger partial charge in [-0.3, -0.25) is 9.48 Å². The Bertz CT molecular complexity index is 1330. The molecule has 1 fully saturated rings. The number of carbonyl (C=O) groups excluding carboxylic acids is 1. The molecule has 36 heavy (non-hydrogen) atoms. The number of ether oxygens (including phenoxy) is 1. The van der Waals surface area contributed by atoms with Crippen LogP contribution >= 0.6 is 0 Å². The minimum absolute atomic E-state index is 0.00760. The number of amides is 1. The van der Waals surface area contributed by atoms with Crippen LogP contribution in [0.15, 0.2) is 24.8 Å². The van der Waals surface area contributed by atoms with E-state index in [2.05, 4.69) is 30.4 Å². The predicted molar refractivity (Wildman–Crippen MR) is 119 cm³/mol. The molecular weight excluding hydrogens is 484 g/mol. The van der Waals surface area contributed by atoms with Gasteiger partial charge in [0.25, 0.3) is 5.91 Å². The van der Waals surface area contributed by atoms with Gasteiger partial charge in [0.1, 0.15) is 0 Å². The summed E-state index contributed by atoms with van der Waals surface area (Å²) in [6.07, 6.45) is -2.56. The molecule has 0 bridgehead atoms. The molecule has 3 atom stereocenters. The quantitative estimate of drug-likeness (QED) is 0.521. The molecule has 1 aliphatic rings. The molecule has 4 rings (SSSR count). The summed E-state index contributed by atoms with van der Waals surface area (Å²) in [5.41, 5.74) is -1.73. The number of hydrogen-bond acceptors (Lipinski definition) is 8. The van der Waals surface area contributed by atoms with Crippen LogP contribution in [0.5, 0.6) is 0 Å². The Morgan fingerprint density at radius 1 is 1.19 bits per heavy atom. The van der Waals surface area contributed by atoms with Gasteiger partial charge in [0.2, 0.25) is 5.95 Å². The largest absolute Gasteiger partial charge is 0.419 e. The summed E-state index contributed by atoms with van der Waals surface area (Å²) in [6, 6.07) is -0.681. The van der Waals surface area contributed by atoms with Crippen molar-refractivity contribution in [3.05, 3.63) is 47.6 Å². The number of aromatic nitrogens is 6. The van der Waals surface area contributed by atoms with E-state index in [0.717, 1.165) is 17.1 Å². The van der Waals surface area contributed by atoms with Gasteiger partial charge in [-0.25, -0.2) is 24.3 Å². The summed E-state index contributed by atoms with van der Waals surface area (Å²) in [7, 11) is 1.36. The zero-order valence-corrected chi connectivity index (χ0v) is 19.4. The number of anilines is 1. The average molecular weight is 511 g/mol. The SMILES string of the molecule is [2H]C([2H])([2H])c1c(-c2ncc(F)cn2)c(C(=O)N2C[C@@H](C)O[C@@H](C)[C@H]2CNc2ncc(C(F)(F)F)cn2)nn1C. The van der Waals surface area contributed by atoms with Crippen LogP contribution in [0.4, 0.5) is 23.5 Å². The summed E-state index contributed by atoms with van der Waals surface area (Å²) in [5.74, 6) is -1.70. The summed E-state index contributed by atoms with van der Waals surface area (Å²) in [4.78, 5) is 30.5. The number of halogens is 4. The molecular formula is C22H24F4N8O2. The van der Waals surface area contributed by atoms with Gasteiger partial charge in [-0.15, -0.1) is 0 Å². The molecule has 14 heteroatoms. The Balaban J connectivity index is 1.68. The highest BCUT2D eigenvalue weighted by atomic mass is 19.4. The van der Waals surface area contributed by atoms with Crippen LogP contribution in [0.1, 0.15) is 39.7 Å². The maximum Gasteiger partial charge on any atom is 0.419 e. The number of alkyl halides is 3. The molecule has 1 aliphatic heterocycles. The summed E-state index contributed by atoms with van der Waals surface area (Å²) in [6.45, 7) is 0.834. The van der Waals surface area contributed by atoms with Gasteiger partial charge in [-0.1, -0.05) is 0 Å². The molecule has 192 valence electrons. The molecule has 0 saturated carbocycles. The lowest BCUT2D eigenvalue weighted by atomic mass is 10.0. The van der Waals surface area contributed by atoms with Gasteiger partial charge in [-0.05, 0) is 20.7 Å². The highest BCUT2D eigenvalue weighted by Gasteiger charge is 2.39. The summed E-state index contributed by atoms with van der Waals surface area (Å²) < 4.78 is 82.8. The van der Waals surface area contributed by atoms with Crippen LogP contribution in [0.2, 0.25) is 0 Å².